The summed E-state index contributed by atoms with van der Waals surface area (Å²) in [6.45, 7) is 5.16. The van der Waals surface area contributed by atoms with Gasteiger partial charge in [-0.3, -0.25) is 4.79 Å². The molecular formula is C30H50N6O7. The molecule has 1 amide bonds. The Morgan fingerprint density at radius 2 is 1.40 bits per heavy atom. The number of unbranched alkanes of at least 4 members (excludes halogenated alkanes) is 12. The van der Waals surface area contributed by atoms with Gasteiger partial charge in [-0.2, -0.15) is 5.21 Å². The van der Waals surface area contributed by atoms with E-state index in [9.17, 15) is 24.6 Å². The van der Waals surface area contributed by atoms with Crippen LogP contribution in [0.2, 0.25) is 0 Å². The second kappa shape index (κ2) is 19.5. The molecule has 0 spiro atoms. The van der Waals surface area contributed by atoms with Gasteiger partial charge in [0.2, 0.25) is 17.7 Å². The summed E-state index contributed by atoms with van der Waals surface area (Å²) in [6.07, 6.45) is 15.8. The van der Waals surface area contributed by atoms with Crippen molar-refractivity contribution >= 4 is 17.8 Å². The van der Waals surface area contributed by atoms with Gasteiger partial charge in [0.05, 0.1) is 6.42 Å². The Morgan fingerprint density at radius 3 is 1.91 bits per heavy atom. The maximum absolute atomic E-state index is 12.7. The molecule has 0 saturated heterocycles. The van der Waals surface area contributed by atoms with Crippen LogP contribution in [0.15, 0.2) is 12.1 Å². The molecule has 4 N–H and O–H groups in total. The molecule has 0 radical (unpaired) electrons. The van der Waals surface area contributed by atoms with Crippen molar-refractivity contribution in [1.29, 1.82) is 0 Å². The van der Waals surface area contributed by atoms with Crippen molar-refractivity contribution in [3.8, 4) is 11.8 Å². The van der Waals surface area contributed by atoms with Gasteiger partial charge in [-0.25, -0.2) is 9.59 Å². The lowest BCUT2D eigenvalue weighted by atomic mass is 10.0. The summed E-state index contributed by atoms with van der Waals surface area (Å²) in [5.41, 5.74) is -0.763. The van der Waals surface area contributed by atoms with Crippen molar-refractivity contribution in [2.45, 2.75) is 142 Å². The van der Waals surface area contributed by atoms with E-state index in [0.717, 1.165) is 37.9 Å². The van der Waals surface area contributed by atoms with E-state index in [1.165, 1.54) is 63.5 Å². The van der Waals surface area contributed by atoms with Crippen molar-refractivity contribution in [2.24, 2.45) is 0 Å². The summed E-state index contributed by atoms with van der Waals surface area (Å²) < 4.78 is 6.00. The highest BCUT2D eigenvalue weighted by atomic mass is 16.7. The number of ether oxygens (including phenoxy) is 1. The number of amides is 1. The number of aromatic nitrogens is 5. The highest BCUT2D eigenvalue weighted by molar-refractivity contribution is 5.85. The van der Waals surface area contributed by atoms with Crippen LogP contribution >= 0.6 is 0 Å². The highest BCUT2D eigenvalue weighted by Gasteiger charge is 2.27. The molecular weight excluding hydrogens is 556 g/mol. The van der Waals surface area contributed by atoms with Crippen LogP contribution in [0.3, 0.4) is 0 Å². The molecule has 2 aromatic rings. The first-order valence-corrected chi connectivity index (χ1v) is 15.6. The minimum Gasteiger partial charge on any atom is -0.492 e. The van der Waals surface area contributed by atoms with Crippen LogP contribution in [0.5, 0.6) is 11.8 Å². The maximum atomic E-state index is 12.7. The minimum atomic E-state index is -1.03. The zero-order valence-electron chi connectivity index (χ0n) is 26.0. The Morgan fingerprint density at radius 1 is 0.860 bits per heavy atom. The largest absolute Gasteiger partial charge is 0.492 e. The number of carbonyl (C=O) groups excluding carboxylic acids is 3. The molecule has 1 unspecified atom stereocenters. The van der Waals surface area contributed by atoms with Crippen LogP contribution in [0, 0.1) is 0 Å². The van der Waals surface area contributed by atoms with E-state index in [-0.39, 0.29) is 25.2 Å². The van der Waals surface area contributed by atoms with Crippen molar-refractivity contribution in [1.82, 2.24) is 30.7 Å². The van der Waals surface area contributed by atoms with Gasteiger partial charge < -0.3 is 25.1 Å². The lowest BCUT2D eigenvalue weighted by Crippen LogP contribution is -2.44. The topological polar surface area (TPSA) is 182 Å². The van der Waals surface area contributed by atoms with Crippen LogP contribution in [-0.2, 0) is 25.5 Å². The van der Waals surface area contributed by atoms with Gasteiger partial charge in [0.25, 0.3) is 0 Å². The van der Waals surface area contributed by atoms with E-state index in [2.05, 4.69) is 25.9 Å². The molecule has 242 valence electrons. The van der Waals surface area contributed by atoms with Crippen LogP contribution < -0.4 is 10.2 Å². The quantitative estimate of drug-likeness (QED) is 0.108. The van der Waals surface area contributed by atoms with Crippen LogP contribution in [0.1, 0.15) is 129 Å². The van der Waals surface area contributed by atoms with Crippen LogP contribution in [0.4, 0.5) is 0 Å². The van der Waals surface area contributed by atoms with Gasteiger partial charge in [-0.05, 0) is 40.0 Å². The number of tetrazole rings is 1. The summed E-state index contributed by atoms with van der Waals surface area (Å²) in [5, 5.41) is 35.9. The Kier molecular flexibility index (Phi) is 16.1. The fourth-order valence-corrected chi connectivity index (χ4v) is 4.59. The number of aryl methyl sites for hydroxylation is 1. The molecule has 0 bridgehead atoms. The molecule has 13 heteroatoms. The number of H-pyrrole nitrogens is 1. The van der Waals surface area contributed by atoms with Crippen molar-refractivity contribution in [2.75, 3.05) is 0 Å². The molecule has 0 aliphatic rings. The van der Waals surface area contributed by atoms with E-state index >= 15 is 0 Å². The molecule has 0 aromatic carbocycles. The molecule has 1 atom stereocenters. The summed E-state index contributed by atoms with van der Waals surface area (Å²) >= 11 is 0. The number of nitrogens with one attached hydrogen (secondary N) is 2. The Hall–Kier alpha value is -3.64. The molecule has 13 nitrogen and oxygen atoms in total. The van der Waals surface area contributed by atoms with Crippen LogP contribution in [0.25, 0.3) is 0 Å². The van der Waals surface area contributed by atoms with Gasteiger partial charge >= 0.3 is 11.9 Å². The van der Waals surface area contributed by atoms with Crippen LogP contribution in [-0.4, -0.2) is 65.1 Å². The number of hydrogen-bond donors (Lipinski definition) is 4. The fourth-order valence-electron chi connectivity index (χ4n) is 4.59. The summed E-state index contributed by atoms with van der Waals surface area (Å²) in [4.78, 5) is 42.4. The smallest absolute Gasteiger partial charge is 0.333 e. The average Bonchev–Trinajstić information content (AvgIpc) is 3.57. The first-order chi connectivity index (χ1) is 20.5. The van der Waals surface area contributed by atoms with Crippen molar-refractivity contribution in [3.05, 3.63) is 18.0 Å². The number of esters is 1. The van der Waals surface area contributed by atoms with Gasteiger partial charge in [-0.15, -0.1) is 14.9 Å². The normalized spacial score (nSPS) is 12.2. The highest BCUT2D eigenvalue weighted by Crippen LogP contribution is 2.19. The third-order valence-corrected chi connectivity index (χ3v) is 6.85. The standard InChI is InChI=1S/C30H50N6O7/c1-30(2,3)42-29(41)23(19-22-28(40)43-36-26(38)20-21-27(36)39)31-25(37)18-16-14-12-10-8-6-4-5-7-9-11-13-15-17-24-32-34-35-33-24/h20-21,23,38-39H,4-19,22H2,1-3H3,(H,31,37)(H,32,33,34,35). The SMILES string of the molecule is CC(C)(C)OC(=O)C(CCC(=O)On1c(O)ccc1O)NC(=O)CCCCCCCCCCCCCCCc1nn[nH]n1. The predicted molar refractivity (Wildman–Crippen MR) is 159 cm³/mol. The molecule has 2 heterocycles. The summed E-state index contributed by atoms with van der Waals surface area (Å²) in [7, 11) is 0. The van der Waals surface area contributed by atoms with E-state index in [4.69, 9.17) is 9.57 Å². The lowest BCUT2D eigenvalue weighted by molar-refractivity contribution is -0.159. The summed E-state index contributed by atoms with van der Waals surface area (Å²) in [6, 6.07) is 1.31. The molecule has 2 rings (SSSR count). The minimum absolute atomic E-state index is 0.0518. The number of rotatable bonds is 22. The van der Waals surface area contributed by atoms with Crippen molar-refractivity contribution in [3.63, 3.8) is 0 Å². The Balaban J connectivity index is 1.53. The predicted octanol–water partition coefficient (Wildman–Crippen LogP) is 4.68. The second-order valence-corrected chi connectivity index (χ2v) is 11.9. The fraction of sp³-hybridized carbons (Fsp3) is 0.733. The van der Waals surface area contributed by atoms with Gasteiger partial charge in [0.1, 0.15) is 11.6 Å². The zero-order valence-corrected chi connectivity index (χ0v) is 26.0. The molecule has 0 aliphatic heterocycles. The first-order valence-electron chi connectivity index (χ1n) is 15.6. The van der Waals surface area contributed by atoms with Gasteiger partial charge in [-0.1, -0.05) is 75.8 Å². The third-order valence-electron chi connectivity index (χ3n) is 6.85. The van der Waals surface area contributed by atoms with E-state index in [0.29, 0.717) is 11.2 Å². The van der Waals surface area contributed by atoms with Gasteiger partial charge in [0.15, 0.2) is 5.82 Å². The molecule has 43 heavy (non-hydrogen) atoms. The molecule has 2 aromatic heterocycles. The van der Waals surface area contributed by atoms with E-state index in [1.807, 2.05) is 0 Å². The maximum Gasteiger partial charge on any atom is 0.333 e. The van der Waals surface area contributed by atoms with Crippen molar-refractivity contribution < 1.29 is 34.2 Å². The second-order valence-electron chi connectivity index (χ2n) is 11.9. The Labute approximate surface area is 254 Å². The lowest BCUT2D eigenvalue weighted by Gasteiger charge is -2.24. The third kappa shape index (κ3) is 16.0. The Bertz CT molecular complexity index is 1060. The molecule has 0 aliphatic carbocycles. The zero-order chi connectivity index (χ0) is 31.5. The van der Waals surface area contributed by atoms with E-state index in [1.54, 1.807) is 20.8 Å². The monoisotopic (exact) mass is 606 g/mol. The molecule has 0 fully saturated rings. The number of aromatic amines is 1. The number of carbonyl (C=O) groups is 3. The number of hydrogen-bond acceptors (Lipinski definition) is 10. The number of nitrogens with zero attached hydrogens (tertiary/aromatic N) is 4. The summed E-state index contributed by atoms with van der Waals surface area (Å²) in [5.74, 6) is -1.81. The number of aromatic hydroxyl groups is 2. The average molecular weight is 607 g/mol. The van der Waals surface area contributed by atoms with E-state index < -0.39 is 35.3 Å². The molecule has 0 saturated carbocycles. The first kappa shape index (κ1) is 35.6. The van der Waals surface area contributed by atoms with Gasteiger partial charge in [0, 0.05) is 25.0 Å².